The van der Waals surface area contributed by atoms with Crippen LogP contribution in [0, 0.1) is 5.82 Å². The first-order valence-electron chi connectivity index (χ1n) is 8.99. The fourth-order valence-electron chi connectivity index (χ4n) is 3.27. The Morgan fingerprint density at radius 1 is 1.07 bits per heavy atom. The summed E-state index contributed by atoms with van der Waals surface area (Å²) in [6.45, 7) is 0. The summed E-state index contributed by atoms with van der Waals surface area (Å²) in [5.74, 6) is -0.681. The van der Waals surface area contributed by atoms with Gasteiger partial charge in [-0.3, -0.25) is 4.72 Å². The molecule has 4 aromatic rings. The molecular weight excluding hydrogens is 423 g/mol. The molecule has 0 aliphatic carbocycles. The first kappa shape index (κ1) is 20.1. The number of nitrogens with zero attached hydrogens (tertiary/aromatic N) is 2. The van der Waals surface area contributed by atoms with Crippen molar-refractivity contribution in [2.75, 3.05) is 29.5 Å². The summed E-state index contributed by atoms with van der Waals surface area (Å²) in [6, 6.07) is 14.6. The molecule has 3 aromatic carbocycles. The summed E-state index contributed by atoms with van der Waals surface area (Å²) in [6.07, 6.45) is 0. The number of anilines is 3. The van der Waals surface area contributed by atoms with E-state index in [0.29, 0.717) is 21.8 Å². The van der Waals surface area contributed by atoms with Gasteiger partial charge < -0.3 is 10.6 Å². The number of aromatic nitrogens is 1. The molecular formula is C21H19FN4O2S2. The number of benzene rings is 3. The number of fused-ring (bicyclic) bond motifs is 1. The van der Waals surface area contributed by atoms with E-state index in [4.69, 9.17) is 5.73 Å². The molecule has 6 nitrogen and oxygen atoms in total. The number of thiazole rings is 1. The molecule has 1 aromatic heterocycles. The molecule has 4 rings (SSSR count). The number of nitrogens with two attached hydrogens (primary N) is 1. The van der Waals surface area contributed by atoms with Crippen molar-refractivity contribution in [3.63, 3.8) is 0 Å². The minimum Gasteiger partial charge on any atom is -0.377 e. The molecule has 0 amide bonds. The minimum atomic E-state index is -4.05. The van der Waals surface area contributed by atoms with Crippen molar-refractivity contribution in [3.8, 4) is 11.3 Å². The van der Waals surface area contributed by atoms with Gasteiger partial charge in [-0.25, -0.2) is 17.8 Å². The lowest BCUT2D eigenvalue weighted by atomic mass is 10.1. The van der Waals surface area contributed by atoms with Crippen LogP contribution in [-0.4, -0.2) is 27.5 Å². The predicted molar refractivity (Wildman–Crippen MR) is 121 cm³/mol. The maximum Gasteiger partial charge on any atom is 0.262 e. The average molecular weight is 443 g/mol. The van der Waals surface area contributed by atoms with Crippen LogP contribution in [0.15, 0.2) is 64.9 Å². The van der Waals surface area contributed by atoms with Crippen LogP contribution in [0.1, 0.15) is 0 Å². The van der Waals surface area contributed by atoms with Crippen molar-refractivity contribution in [1.29, 1.82) is 0 Å². The van der Waals surface area contributed by atoms with Gasteiger partial charge in [0.25, 0.3) is 10.0 Å². The van der Waals surface area contributed by atoms with Crippen LogP contribution in [0.4, 0.5) is 20.9 Å². The lowest BCUT2D eigenvalue weighted by Crippen LogP contribution is -2.15. The second-order valence-corrected chi connectivity index (χ2v) is 9.43. The Hall–Kier alpha value is -3.17. The van der Waals surface area contributed by atoms with Crippen molar-refractivity contribution in [2.24, 2.45) is 0 Å². The van der Waals surface area contributed by atoms with E-state index >= 15 is 0 Å². The number of nitrogen functional groups attached to an aromatic ring is 1. The number of nitrogens with one attached hydrogen (secondary N) is 1. The number of hydrogen-bond donors (Lipinski definition) is 2. The Labute approximate surface area is 177 Å². The SMILES string of the molecule is CN(C)c1cccc2c(S(=O)(=O)Nc3cc(-c4csc(N)n4)ccc3F)cccc12. The molecule has 0 saturated heterocycles. The van der Waals surface area contributed by atoms with Gasteiger partial charge in [-0.05, 0) is 30.3 Å². The maximum atomic E-state index is 14.4. The van der Waals surface area contributed by atoms with Crippen molar-refractivity contribution >= 4 is 48.6 Å². The van der Waals surface area contributed by atoms with Crippen LogP contribution < -0.4 is 15.4 Å². The van der Waals surface area contributed by atoms with Crippen LogP contribution in [0.25, 0.3) is 22.0 Å². The molecule has 0 saturated carbocycles. The van der Waals surface area contributed by atoms with E-state index in [0.717, 1.165) is 11.1 Å². The van der Waals surface area contributed by atoms with Crippen molar-refractivity contribution in [3.05, 3.63) is 65.8 Å². The summed E-state index contributed by atoms with van der Waals surface area (Å²) in [5, 5.41) is 3.45. The quantitative estimate of drug-likeness (QED) is 0.473. The Morgan fingerprint density at radius 3 is 2.50 bits per heavy atom. The highest BCUT2D eigenvalue weighted by atomic mass is 32.2. The molecule has 0 aliphatic heterocycles. The van der Waals surface area contributed by atoms with Crippen LogP contribution >= 0.6 is 11.3 Å². The minimum absolute atomic E-state index is 0.0754. The Balaban J connectivity index is 1.78. The molecule has 1 heterocycles. The van der Waals surface area contributed by atoms with Crippen LogP contribution in [0.2, 0.25) is 0 Å². The zero-order valence-corrected chi connectivity index (χ0v) is 17.9. The monoisotopic (exact) mass is 442 g/mol. The average Bonchev–Trinajstić information content (AvgIpc) is 3.14. The number of sulfonamides is 1. The second-order valence-electron chi connectivity index (χ2n) is 6.89. The molecule has 3 N–H and O–H groups in total. The third-order valence-corrected chi connectivity index (χ3v) is 6.76. The van der Waals surface area contributed by atoms with Gasteiger partial charge in [0.2, 0.25) is 0 Å². The zero-order chi connectivity index (χ0) is 21.5. The van der Waals surface area contributed by atoms with Crippen molar-refractivity contribution in [2.45, 2.75) is 4.90 Å². The normalized spacial score (nSPS) is 11.6. The largest absolute Gasteiger partial charge is 0.377 e. The summed E-state index contributed by atoms with van der Waals surface area (Å²) in [4.78, 5) is 6.15. The predicted octanol–water partition coefficient (Wildman–Crippen LogP) is 4.55. The summed E-state index contributed by atoms with van der Waals surface area (Å²) in [5.41, 5.74) is 7.52. The van der Waals surface area contributed by atoms with E-state index in [1.807, 2.05) is 31.1 Å². The van der Waals surface area contributed by atoms with Gasteiger partial charge in [0.1, 0.15) is 5.82 Å². The number of rotatable bonds is 5. The van der Waals surface area contributed by atoms with E-state index in [1.165, 1.54) is 35.6 Å². The molecule has 0 fully saturated rings. The molecule has 30 heavy (non-hydrogen) atoms. The van der Waals surface area contributed by atoms with E-state index in [2.05, 4.69) is 9.71 Å². The Bertz CT molecular complexity index is 1350. The van der Waals surface area contributed by atoms with Gasteiger partial charge in [-0.1, -0.05) is 24.3 Å². The lowest BCUT2D eigenvalue weighted by Gasteiger charge is -2.17. The summed E-state index contributed by atoms with van der Waals surface area (Å²) in [7, 11) is -0.271. The Kier molecular flexibility index (Phi) is 5.08. The van der Waals surface area contributed by atoms with E-state index in [-0.39, 0.29) is 10.6 Å². The third kappa shape index (κ3) is 3.69. The third-order valence-electron chi connectivity index (χ3n) is 4.66. The fourth-order valence-corrected chi connectivity index (χ4v) is 5.12. The molecule has 0 radical (unpaired) electrons. The summed E-state index contributed by atoms with van der Waals surface area (Å²) >= 11 is 1.25. The van der Waals surface area contributed by atoms with Gasteiger partial charge in [0.15, 0.2) is 5.13 Å². The maximum absolute atomic E-state index is 14.4. The van der Waals surface area contributed by atoms with Crippen LogP contribution in [0.3, 0.4) is 0 Å². The molecule has 0 aliphatic rings. The first-order valence-corrected chi connectivity index (χ1v) is 11.4. The van der Waals surface area contributed by atoms with E-state index in [9.17, 15) is 12.8 Å². The Morgan fingerprint density at radius 2 is 1.80 bits per heavy atom. The van der Waals surface area contributed by atoms with Crippen LogP contribution in [0.5, 0.6) is 0 Å². The standard InChI is InChI=1S/C21H19FN4O2S2/c1-26(2)19-7-3-6-15-14(19)5-4-8-20(15)30(27,28)25-17-11-13(9-10-16(17)22)18-12-29-21(23)24-18/h3-12,25H,1-2H3,(H2,23,24). The highest BCUT2D eigenvalue weighted by Crippen LogP contribution is 2.32. The first-order chi connectivity index (χ1) is 14.3. The van der Waals surface area contributed by atoms with Crippen LogP contribution in [-0.2, 0) is 10.0 Å². The van der Waals surface area contributed by atoms with Gasteiger partial charge in [-0.2, -0.15) is 0 Å². The molecule has 9 heteroatoms. The van der Waals surface area contributed by atoms with Crippen molar-refractivity contribution < 1.29 is 12.8 Å². The summed E-state index contributed by atoms with van der Waals surface area (Å²) < 4.78 is 43.2. The topological polar surface area (TPSA) is 88.3 Å². The van der Waals surface area contributed by atoms with Gasteiger partial charge >= 0.3 is 0 Å². The smallest absolute Gasteiger partial charge is 0.262 e. The number of hydrogen-bond acceptors (Lipinski definition) is 6. The van der Waals surface area contributed by atoms with E-state index < -0.39 is 15.8 Å². The molecule has 0 spiro atoms. The highest BCUT2D eigenvalue weighted by Gasteiger charge is 2.21. The zero-order valence-electron chi connectivity index (χ0n) is 16.3. The fraction of sp³-hybridized carbons (Fsp3) is 0.0952. The molecule has 154 valence electrons. The second kappa shape index (κ2) is 7.58. The highest BCUT2D eigenvalue weighted by molar-refractivity contribution is 7.93. The van der Waals surface area contributed by atoms with Gasteiger partial charge in [0.05, 0.1) is 16.3 Å². The van der Waals surface area contributed by atoms with E-state index in [1.54, 1.807) is 23.6 Å². The molecule has 0 unspecified atom stereocenters. The van der Waals surface area contributed by atoms with Crippen molar-refractivity contribution in [1.82, 2.24) is 4.98 Å². The lowest BCUT2D eigenvalue weighted by molar-refractivity contribution is 0.599. The van der Waals surface area contributed by atoms with Gasteiger partial charge in [-0.15, -0.1) is 11.3 Å². The molecule has 0 bridgehead atoms. The number of halogens is 1. The molecule has 0 atom stereocenters. The van der Waals surface area contributed by atoms with Gasteiger partial charge in [0, 0.05) is 41.5 Å².